The van der Waals surface area contributed by atoms with Crippen molar-refractivity contribution in [2.24, 2.45) is 5.92 Å². The van der Waals surface area contributed by atoms with E-state index in [1.54, 1.807) is 0 Å². The smallest absolute Gasteiger partial charge is 0.124 e. The van der Waals surface area contributed by atoms with E-state index in [9.17, 15) is 4.79 Å². The summed E-state index contributed by atoms with van der Waals surface area (Å²) in [4.78, 5) is 10.8. The second-order valence-electron chi connectivity index (χ2n) is 2.60. The fourth-order valence-corrected chi connectivity index (χ4v) is 1.75. The number of hydrogen-bond donors (Lipinski definition) is 0. The minimum Gasteiger partial charge on any atom is -0.303 e. The minimum atomic E-state index is 0.218. The van der Waals surface area contributed by atoms with Gasteiger partial charge >= 0.3 is 0 Å². The summed E-state index contributed by atoms with van der Waals surface area (Å²) in [6, 6.07) is 0. The highest BCUT2D eigenvalue weighted by Gasteiger charge is 2.17. The molecule has 56 valence electrons. The Bertz CT molecular complexity index is 142. The van der Waals surface area contributed by atoms with Gasteiger partial charge in [-0.1, -0.05) is 28.1 Å². The standard InChI is InChI=1S/C8H11BrO/c9-8-5-3-1-2-4-7(8)6-10/h1,3,6-8H,2,4-5H2. The van der Waals surface area contributed by atoms with Crippen molar-refractivity contribution in [2.75, 3.05) is 0 Å². The van der Waals surface area contributed by atoms with Crippen molar-refractivity contribution in [3.05, 3.63) is 12.2 Å². The van der Waals surface area contributed by atoms with Gasteiger partial charge in [0.2, 0.25) is 0 Å². The number of halogens is 1. The Labute approximate surface area is 69.6 Å². The first-order valence-electron chi connectivity index (χ1n) is 3.59. The van der Waals surface area contributed by atoms with Gasteiger partial charge in [-0.15, -0.1) is 0 Å². The third-order valence-electron chi connectivity index (χ3n) is 1.83. The van der Waals surface area contributed by atoms with Gasteiger partial charge in [0, 0.05) is 10.7 Å². The van der Waals surface area contributed by atoms with Gasteiger partial charge in [0.25, 0.3) is 0 Å². The maximum Gasteiger partial charge on any atom is 0.124 e. The SMILES string of the molecule is O=CC1CCC=CCC1Br. The summed E-state index contributed by atoms with van der Waals surface area (Å²) < 4.78 is 0. The molecule has 2 heteroatoms. The van der Waals surface area contributed by atoms with Crippen LogP contribution in [0, 0.1) is 5.92 Å². The van der Waals surface area contributed by atoms with E-state index in [4.69, 9.17) is 0 Å². The molecule has 0 amide bonds. The Morgan fingerprint density at radius 2 is 2.30 bits per heavy atom. The highest BCUT2D eigenvalue weighted by Crippen LogP contribution is 2.23. The van der Waals surface area contributed by atoms with Crippen LogP contribution in [0.25, 0.3) is 0 Å². The van der Waals surface area contributed by atoms with Crippen molar-refractivity contribution in [1.82, 2.24) is 0 Å². The normalized spacial score (nSPS) is 33.3. The fraction of sp³-hybridized carbons (Fsp3) is 0.625. The Morgan fingerprint density at radius 3 is 3.00 bits per heavy atom. The Kier molecular flexibility index (Phi) is 3.13. The first-order valence-corrected chi connectivity index (χ1v) is 4.50. The van der Waals surface area contributed by atoms with Gasteiger partial charge in [0.15, 0.2) is 0 Å². The lowest BCUT2D eigenvalue weighted by atomic mass is 10.0. The zero-order valence-corrected chi connectivity index (χ0v) is 7.38. The van der Waals surface area contributed by atoms with Gasteiger partial charge in [0.1, 0.15) is 6.29 Å². The van der Waals surface area contributed by atoms with E-state index in [0.717, 1.165) is 25.5 Å². The van der Waals surface area contributed by atoms with Crippen molar-refractivity contribution < 1.29 is 4.79 Å². The van der Waals surface area contributed by atoms with E-state index in [-0.39, 0.29) is 5.92 Å². The average Bonchev–Trinajstić information content (AvgIpc) is 2.13. The van der Waals surface area contributed by atoms with Crippen LogP contribution in [0.1, 0.15) is 19.3 Å². The van der Waals surface area contributed by atoms with Gasteiger partial charge in [-0.2, -0.15) is 0 Å². The molecule has 0 aromatic heterocycles. The topological polar surface area (TPSA) is 17.1 Å². The van der Waals surface area contributed by atoms with Gasteiger partial charge in [0.05, 0.1) is 0 Å². The van der Waals surface area contributed by atoms with E-state index in [1.165, 1.54) is 0 Å². The molecular weight excluding hydrogens is 192 g/mol. The molecule has 0 aliphatic heterocycles. The lowest BCUT2D eigenvalue weighted by Crippen LogP contribution is -2.13. The van der Waals surface area contributed by atoms with Crippen LogP contribution in [0.3, 0.4) is 0 Å². The van der Waals surface area contributed by atoms with Crippen molar-refractivity contribution in [3.63, 3.8) is 0 Å². The Balaban J connectivity index is 2.50. The van der Waals surface area contributed by atoms with Gasteiger partial charge in [-0.05, 0) is 19.3 Å². The van der Waals surface area contributed by atoms with E-state index in [1.807, 2.05) is 0 Å². The van der Waals surface area contributed by atoms with Gasteiger partial charge in [-0.25, -0.2) is 0 Å². The van der Waals surface area contributed by atoms with Crippen LogP contribution in [0.15, 0.2) is 12.2 Å². The van der Waals surface area contributed by atoms with Crippen molar-refractivity contribution in [2.45, 2.75) is 24.1 Å². The van der Waals surface area contributed by atoms with E-state index in [2.05, 4.69) is 28.1 Å². The highest BCUT2D eigenvalue weighted by atomic mass is 79.9. The van der Waals surface area contributed by atoms with Crippen LogP contribution in [-0.2, 0) is 4.79 Å². The quantitative estimate of drug-likeness (QED) is 0.363. The van der Waals surface area contributed by atoms with Crippen LogP contribution in [0.4, 0.5) is 0 Å². The summed E-state index contributed by atoms with van der Waals surface area (Å²) in [5.74, 6) is 0.218. The second-order valence-corrected chi connectivity index (χ2v) is 3.78. The molecule has 0 saturated heterocycles. The molecule has 0 saturated carbocycles. The van der Waals surface area contributed by atoms with E-state index in [0.29, 0.717) is 4.83 Å². The summed E-state index contributed by atoms with van der Waals surface area (Å²) in [6.07, 6.45) is 8.39. The van der Waals surface area contributed by atoms with E-state index >= 15 is 0 Å². The molecule has 1 nitrogen and oxygen atoms in total. The summed E-state index contributed by atoms with van der Waals surface area (Å²) in [7, 11) is 0. The predicted molar refractivity (Wildman–Crippen MR) is 45.3 cm³/mol. The van der Waals surface area contributed by atoms with Crippen LogP contribution >= 0.6 is 15.9 Å². The Hall–Kier alpha value is -0.110. The maximum absolute atomic E-state index is 10.5. The molecule has 0 fully saturated rings. The molecule has 0 radical (unpaired) electrons. The molecule has 1 aliphatic rings. The molecule has 2 unspecified atom stereocenters. The van der Waals surface area contributed by atoms with Crippen LogP contribution in [-0.4, -0.2) is 11.1 Å². The number of aldehydes is 1. The number of alkyl halides is 1. The number of carbonyl (C=O) groups is 1. The summed E-state index contributed by atoms with van der Waals surface area (Å²) in [6.45, 7) is 0. The molecule has 1 rings (SSSR count). The van der Waals surface area contributed by atoms with Crippen molar-refractivity contribution in [1.29, 1.82) is 0 Å². The zero-order chi connectivity index (χ0) is 7.40. The molecule has 0 N–H and O–H groups in total. The van der Waals surface area contributed by atoms with Gasteiger partial charge in [-0.3, -0.25) is 0 Å². The third-order valence-corrected chi connectivity index (χ3v) is 2.89. The van der Waals surface area contributed by atoms with E-state index < -0.39 is 0 Å². The largest absolute Gasteiger partial charge is 0.303 e. The Morgan fingerprint density at radius 1 is 1.50 bits per heavy atom. The number of hydrogen-bond acceptors (Lipinski definition) is 1. The molecular formula is C8H11BrO. The fourth-order valence-electron chi connectivity index (χ4n) is 1.14. The molecule has 0 aromatic rings. The lowest BCUT2D eigenvalue weighted by Gasteiger charge is -2.11. The highest BCUT2D eigenvalue weighted by molar-refractivity contribution is 9.09. The summed E-state index contributed by atoms with van der Waals surface area (Å²) in [5.41, 5.74) is 0. The van der Waals surface area contributed by atoms with Crippen molar-refractivity contribution >= 4 is 22.2 Å². The van der Waals surface area contributed by atoms with Gasteiger partial charge < -0.3 is 4.79 Å². The van der Waals surface area contributed by atoms with Crippen LogP contribution in [0.2, 0.25) is 0 Å². The average molecular weight is 203 g/mol. The summed E-state index contributed by atoms with van der Waals surface area (Å²) in [5, 5.41) is 0. The molecule has 0 aromatic carbocycles. The lowest BCUT2D eigenvalue weighted by molar-refractivity contribution is -0.111. The summed E-state index contributed by atoms with van der Waals surface area (Å²) >= 11 is 3.48. The molecule has 2 atom stereocenters. The maximum atomic E-state index is 10.5. The number of carbonyl (C=O) groups excluding carboxylic acids is 1. The number of rotatable bonds is 1. The number of allylic oxidation sites excluding steroid dienone is 2. The zero-order valence-electron chi connectivity index (χ0n) is 5.79. The molecule has 0 bridgehead atoms. The first kappa shape index (κ1) is 7.99. The minimum absolute atomic E-state index is 0.218. The van der Waals surface area contributed by atoms with Crippen molar-refractivity contribution in [3.8, 4) is 0 Å². The predicted octanol–water partition coefficient (Wildman–Crippen LogP) is 2.31. The van der Waals surface area contributed by atoms with Crippen LogP contribution < -0.4 is 0 Å². The van der Waals surface area contributed by atoms with Crippen LogP contribution in [0.5, 0.6) is 0 Å². The third kappa shape index (κ3) is 1.94. The monoisotopic (exact) mass is 202 g/mol. The molecule has 0 spiro atoms. The molecule has 10 heavy (non-hydrogen) atoms. The molecule has 1 aliphatic carbocycles. The second kappa shape index (κ2) is 3.91. The molecule has 0 heterocycles. The first-order chi connectivity index (χ1) is 4.84.